The second-order valence-corrected chi connectivity index (χ2v) is 9.87. The van der Waals surface area contributed by atoms with Gasteiger partial charge in [0.15, 0.2) is 5.76 Å². The standard InChI is InChI=1S/C26H25NO6S/c1-17-8-14-21(15-9-17)34(30,31)25-23(18-10-12-20(32-2)13-11-18)27(26(29)24(25)28)16-19-6-4-5-7-22(19)33-3/h4-15,23,28H,16H2,1-3H3/t23-/m0/s1. The fourth-order valence-corrected chi connectivity index (χ4v) is 5.69. The van der Waals surface area contributed by atoms with Gasteiger partial charge in [-0.05, 0) is 42.8 Å². The molecular weight excluding hydrogens is 454 g/mol. The fraction of sp³-hybridized carbons (Fsp3) is 0.192. The SMILES string of the molecule is COc1ccc([C@H]2C(S(=O)(=O)c3ccc(C)cc3)=C(O)C(=O)N2Cc2ccccc2OC)cc1. The van der Waals surface area contributed by atoms with Gasteiger partial charge in [-0.2, -0.15) is 0 Å². The summed E-state index contributed by atoms with van der Waals surface area (Å²) in [5.74, 6) is -0.410. The molecule has 1 aliphatic heterocycles. The minimum Gasteiger partial charge on any atom is -0.502 e. The Labute approximate surface area is 198 Å². The minimum atomic E-state index is -4.19. The van der Waals surface area contributed by atoms with E-state index < -0.39 is 27.5 Å². The number of para-hydroxylation sites is 1. The summed E-state index contributed by atoms with van der Waals surface area (Å²) in [7, 11) is -1.14. The Morgan fingerprint density at radius 3 is 2.18 bits per heavy atom. The highest BCUT2D eigenvalue weighted by Gasteiger charge is 2.47. The van der Waals surface area contributed by atoms with Gasteiger partial charge in [0.1, 0.15) is 16.4 Å². The summed E-state index contributed by atoms with van der Waals surface area (Å²) in [5, 5.41) is 10.9. The number of rotatable bonds is 7. The molecule has 0 spiro atoms. The van der Waals surface area contributed by atoms with E-state index in [2.05, 4.69) is 0 Å². The van der Waals surface area contributed by atoms with Crippen molar-refractivity contribution in [2.75, 3.05) is 14.2 Å². The van der Waals surface area contributed by atoms with Crippen LogP contribution in [-0.4, -0.2) is 38.6 Å². The Morgan fingerprint density at radius 1 is 0.912 bits per heavy atom. The van der Waals surface area contributed by atoms with Gasteiger partial charge in [-0.3, -0.25) is 4.79 Å². The number of hydrogen-bond donors (Lipinski definition) is 1. The van der Waals surface area contributed by atoms with Crippen LogP contribution in [0.25, 0.3) is 0 Å². The van der Waals surface area contributed by atoms with E-state index in [0.717, 1.165) is 5.56 Å². The smallest absolute Gasteiger partial charge is 0.290 e. The Morgan fingerprint density at radius 2 is 1.56 bits per heavy atom. The van der Waals surface area contributed by atoms with Gasteiger partial charge in [-0.25, -0.2) is 8.42 Å². The molecule has 0 bridgehead atoms. The molecule has 0 radical (unpaired) electrons. The number of aryl methyl sites for hydroxylation is 1. The third-order valence-electron chi connectivity index (χ3n) is 5.84. The van der Waals surface area contributed by atoms with E-state index in [-0.39, 0.29) is 16.3 Å². The van der Waals surface area contributed by atoms with Crippen molar-refractivity contribution in [1.82, 2.24) is 4.90 Å². The van der Waals surface area contributed by atoms with E-state index in [1.165, 1.54) is 31.3 Å². The van der Waals surface area contributed by atoms with Crippen molar-refractivity contribution >= 4 is 15.7 Å². The number of benzene rings is 3. The van der Waals surface area contributed by atoms with Crippen LogP contribution in [-0.2, 0) is 21.2 Å². The van der Waals surface area contributed by atoms with Crippen LogP contribution < -0.4 is 9.47 Å². The quantitative estimate of drug-likeness (QED) is 0.542. The number of amides is 1. The van der Waals surface area contributed by atoms with Crippen LogP contribution in [0.5, 0.6) is 11.5 Å². The molecule has 0 aromatic heterocycles. The van der Waals surface area contributed by atoms with E-state index in [1.54, 1.807) is 60.7 Å². The number of sulfone groups is 1. The van der Waals surface area contributed by atoms with Crippen molar-refractivity contribution in [1.29, 1.82) is 0 Å². The van der Waals surface area contributed by atoms with E-state index in [1.807, 2.05) is 6.92 Å². The lowest BCUT2D eigenvalue weighted by molar-refractivity contribution is -0.130. The van der Waals surface area contributed by atoms with Crippen molar-refractivity contribution in [2.24, 2.45) is 0 Å². The average Bonchev–Trinajstić information content (AvgIpc) is 3.10. The van der Waals surface area contributed by atoms with Gasteiger partial charge in [-0.15, -0.1) is 0 Å². The van der Waals surface area contributed by atoms with Gasteiger partial charge in [0, 0.05) is 5.56 Å². The molecule has 1 heterocycles. The molecule has 176 valence electrons. The molecule has 3 aromatic carbocycles. The zero-order chi connectivity index (χ0) is 24.5. The number of ether oxygens (including phenoxy) is 2. The first-order chi connectivity index (χ1) is 16.3. The van der Waals surface area contributed by atoms with Crippen LogP contribution >= 0.6 is 0 Å². The van der Waals surface area contributed by atoms with Crippen LogP contribution in [0.3, 0.4) is 0 Å². The van der Waals surface area contributed by atoms with Gasteiger partial charge >= 0.3 is 0 Å². The lowest BCUT2D eigenvalue weighted by atomic mass is 10.1. The molecule has 3 aromatic rings. The Kier molecular flexibility index (Phi) is 6.34. The summed E-state index contributed by atoms with van der Waals surface area (Å²) < 4.78 is 38.0. The Balaban J connectivity index is 1.86. The second kappa shape index (κ2) is 9.23. The van der Waals surface area contributed by atoms with Crippen molar-refractivity contribution < 1.29 is 27.8 Å². The normalized spacial score (nSPS) is 16.1. The van der Waals surface area contributed by atoms with E-state index in [4.69, 9.17) is 9.47 Å². The van der Waals surface area contributed by atoms with Crippen molar-refractivity contribution in [2.45, 2.75) is 24.4 Å². The summed E-state index contributed by atoms with van der Waals surface area (Å²) >= 11 is 0. The summed E-state index contributed by atoms with van der Waals surface area (Å²) in [6.07, 6.45) is 0. The topological polar surface area (TPSA) is 93.1 Å². The van der Waals surface area contributed by atoms with Gasteiger partial charge in [0.25, 0.3) is 5.91 Å². The molecule has 7 nitrogen and oxygen atoms in total. The Bertz CT molecular complexity index is 1340. The predicted molar refractivity (Wildman–Crippen MR) is 127 cm³/mol. The number of methoxy groups -OCH3 is 2. The molecule has 0 fully saturated rings. The maximum atomic E-state index is 13.7. The molecule has 1 atom stereocenters. The summed E-state index contributed by atoms with van der Waals surface area (Å²) in [5.41, 5.74) is 2.10. The Hall–Kier alpha value is -3.78. The highest BCUT2D eigenvalue weighted by atomic mass is 32.2. The van der Waals surface area contributed by atoms with Crippen molar-refractivity contribution in [3.05, 3.63) is 100 Å². The monoisotopic (exact) mass is 479 g/mol. The van der Waals surface area contributed by atoms with E-state index in [0.29, 0.717) is 22.6 Å². The number of carbonyl (C=O) groups excluding carboxylic acids is 1. The number of aliphatic hydroxyl groups is 1. The van der Waals surface area contributed by atoms with Gasteiger partial charge in [-0.1, -0.05) is 48.0 Å². The number of hydrogen-bond acceptors (Lipinski definition) is 6. The molecule has 0 aliphatic carbocycles. The maximum Gasteiger partial charge on any atom is 0.290 e. The zero-order valence-corrected chi connectivity index (χ0v) is 19.9. The molecule has 1 aliphatic rings. The van der Waals surface area contributed by atoms with Crippen molar-refractivity contribution in [3.8, 4) is 11.5 Å². The lowest BCUT2D eigenvalue weighted by Gasteiger charge is -2.27. The van der Waals surface area contributed by atoms with Gasteiger partial charge in [0.05, 0.1) is 31.7 Å². The molecule has 34 heavy (non-hydrogen) atoms. The second-order valence-electron chi connectivity index (χ2n) is 7.95. The molecule has 1 amide bonds. The zero-order valence-electron chi connectivity index (χ0n) is 19.1. The molecule has 1 N–H and O–H groups in total. The van der Waals surface area contributed by atoms with Crippen LogP contribution in [0, 0.1) is 6.92 Å². The summed E-state index contributed by atoms with van der Waals surface area (Å²) in [6, 6.07) is 19.2. The number of carbonyl (C=O) groups is 1. The highest BCUT2D eigenvalue weighted by molar-refractivity contribution is 7.95. The fourth-order valence-electron chi connectivity index (χ4n) is 4.05. The van der Waals surface area contributed by atoms with Crippen LogP contribution in [0.1, 0.15) is 22.7 Å². The van der Waals surface area contributed by atoms with Crippen molar-refractivity contribution in [3.63, 3.8) is 0 Å². The third kappa shape index (κ3) is 4.12. The first-order valence-electron chi connectivity index (χ1n) is 10.6. The van der Waals surface area contributed by atoms with E-state index in [9.17, 15) is 18.3 Å². The van der Waals surface area contributed by atoms with Crippen LogP contribution in [0.2, 0.25) is 0 Å². The molecule has 4 rings (SSSR count). The molecule has 8 heteroatoms. The highest BCUT2D eigenvalue weighted by Crippen LogP contribution is 2.44. The predicted octanol–water partition coefficient (Wildman–Crippen LogP) is 4.34. The van der Waals surface area contributed by atoms with Crippen LogP contribution in [0.4, 0.5) is 0 Å². The molecule has 0 saturated carbocycles. The van der Waals surface area contributed by atoms with Gasteiger partial charge < -0.3 is 19.5 Å². The van der Waals surface area contributed by atoms with Crippen LogP contribution in [0.15, 0.2) is 88.4 Å². The molecular formula is C26H25NO6S. The summed E-state index contributed by atoms with van der Waals surface area (Å²) in [6.45, 7) is 1.89. The maximum absolute atomic E-state index is 13.7. The molecule has 0 saturated heterocycles. The third-order valence-corrected chi connectivity index (χ3v) is 7.73. The van der Waals surface area contributed by atoms with E-state index >= 15 is 0 Å². The number of aliphatic hydroxyl groups excluding tert-OH is 1. The largest absolute Gasteiger partial charge is 0.502 e. The first-order valence-corrected chi connectivity index (χ1v) is 12.1. The summed E-state index contributed by atoms with van der Waals surface area (Å²) in [4.78, 5) is 14.2. The number of nitrogens with zero attached hydrogens (tertiary/aromatic N) is 1. The minimum absolute atomic E-state index is 0.00473. The first kappa shape index (κ1) is 23.4. The average molecular weight is 480 g/mol. The molecule has 0 unspecified atom stereocenters. The lowest BCUT2D eigenvalue weighted by Crippen LogP contribution is -2.31. The van der Waals surface area contributed by atoms with Gasteiger partial charge in [0.2, 0.25) is 9.84 Å².